The maximum Gasteiger partial charge on any atom is 0.237 e. The average Bonchev–Trinajstić information content (AvgIpc) is 2.36. The Labute approximate surface area is 115 Å². The van der Waals surface area contributed by atoms with E-state index in [1.807, 2.05) is 12.1 Å². The Hall–Kier alpha value is -1.55. The van der Waals surface area contributed by atoms with E-state index < -0.39 is 5.54 Å². The predicted molar refractivity (Wildman–Crippen MR) is 77.2 cm³/mol. The first-order valence-electron chi connectivity index (χ1n) is 6.55. The fourth-order valence-corrected chi connectivity index (χ4v) is 1.93. The topological polar surface area (TPSA) is 64.3 Å². The van der Waals surface area contributed by atoms with Crippen LogP contribution in [-0.4, -0.2) is 24.6 Å². The van der Waals surface area contributed by atoms with Gasteiger partial charge in [-0.15, -0.1) is 0 Å². The number of carbonyl (C=O) groups is 1. The fourth-order valence-electron chi connectivity index (χ4n) is 1.93. The lowest BCUT2D eigenvalue weighted by atomic mass is 10.0. The lowest BCUT2D eigenvalue weighted by Gasteiger charge is -2.27. The molecular formula is C15H24N2O2. The quantitative estimate of drug-likeness (QED) is 0.790. The molecule has 1 aromatic rings. The van der Waals surface area contributed by atoms with Crippen molar-refractivity contribution in [3.63, 3.8) is 0 Å². The van der Waals surface area contributed by atoms with Crippen LogP contribution in [-0.2, 0) is 11.2 Å². The molecule has 0 radical (unpaired) electrons. The Kier molecular flexibility index (Phi) is 5.36. The molecule has 0 aliphatic carbocycles. The van der Waals surface area contributed by atoms with Crippen molar-refractivity contribution in [1.82, 2.24) is 5.32 Å². The summed E-state index contributed by atoms with van der Waals surface area (Å²) in [7, 11) is 1.66. The average molecular weight is 264 g/mol. The smallest absolute Gasteiger partial charge is 0.237 e. The summed E-state index contributed by atoms with van der Waals surface area (Å²) >= 11 is 0. The third-order valence-corrected chi connectivity index (χ3v) is 3.25. The van der Waals surface area contributed by atoms with Gasteiger partial charge in [-0.25, -0.2) is 0 Å². The second kappa shape index (κ2) is 6.57. The second-order valence-electron chi connectivity index (χ2n) is 5.42. The SMILES string of the molecule is COc1ccc(CCC(C)NC(C)(C)C(N)=O)cc1. The molecule has 19 heavy (non-hydrogen) atoms. The summed E-state index contributed by atoms with van der Waals surface area (Å²) in [5, 5.41) is 3.25. The number of primary amides is 1. The third kappa shape index (κ3) is 4.91. The molecule has 4 heteroatoms. The molecule has 0 saturated carbocycles. The van der Waals surface area contributed by atoms with Crippen LogP contribution in [0, 0.1) is 0 Å². The van der Waals surface area contributed by atoms with Crippen molar-refractivity contribution in [2.75, 3.05) is 7.11 Å². The van der Waals surface area contributed by atoms with Crippen LogP contribution >= 0.6 is 0 Å². The van der Waals surface area contributed by atoms with E-state index in [4.69, 9.17) is 10.5 Å². The first kappa shape index (κ1) is 15.5. The summed E-state index contributed by atoms with van der Waals surface area (Å²) in [4.78, 5) is 11.2. The zero-order chi connectivity index (χ0) is 14.5. The van der Waals surface area contributed by atoms with E-state index in [1.165, 1.54) is 5.56 Å². The molecule has 0 aliphatic heterocycles. The van der Waals surface area contributed by atoms with Gasteiger partial charge in [-0.1, -0.05) is 12.1 Å². The van der Waals surface area contributed by atoms with Gasteiger partial charge in [0, 0.05) is 6.04 Å². The van der Waals surface area contributed by atoms with E-state index in [2.05, 4.69) is 24.4 Å². The summed E-state index contributed by atoms with van der Waals surface area (Å²) < 4.78 is 5.12. The van der Waals surface area contributed by atoms with Gasteiger partial charge in [0.15, 0.2) is 0 Å². The minimum atomic E-state index is -0.667. The van der Waals surface area contributed by atoms with Crippen LogP contribution in [0.15, 0.2) is 24.3 Å². The van der Waals surface area contributed by atoms with Crippen molar-refractivity contribution in [3.8, 4) is 5.75 Å². The van der Waals surface area contributed by atoms with Gasteiger partial charge in [0.2, 0.25) is 5.91 Å². The van der Waals surface area contributed by atoms with Crippen LogP contribution in [0.1, 0.15) is 32.8 Å². The molecule has 0 spiro atoms. The Balaban J connectivity index is 2.45. The van der Waals surface area contributed by atoms with E-state index in [0.717, 1.165) is 18.6 Å². The van der Waals surface area contributed by atoms with Gasteiger partial charge < -0.3 is 15.8 Å². The second-order valence-corrected chi connectivity index (χ2v) is 5.42. The Morgan fingerprint density at radius 3 is 2.42 bits per heavy atom. The van der Waals surface area contributed by atoms with Gasteiger partial charge >= 0.3 is 0 Å². The molecule has 0 aromatic heterocycles. The lowest BCUT2D eigenvalue weighted by Crippen LogP contribution is -2.53. The summed E-state index contributed by atoms with van der Waals surface area (Å²) in [6.45, 7) is 5.67. The van der Waals surface area contributed by atoms with Crippen molar-refractivity contribution in [3.05, 3.63) is 29.8 Å². The standard InChI is InChI=1S/C15H24N2O2/c1-11(17-15(2,3)14(16)18)5-6-12-7-9-13(19-4)10-8-12/h7-11,17H,5-6H2,1-4H3,(H2,16,18). The number of hydrogen-bond acceptors (Lipinski definition) is 3. The number of nitrogens with one attached hydrogen (secondary N) is 1. The molecule has 1 aromatic carbocycles. The van der Waals surface area contributed by atoms with Crippen LogP contribution in [0.3, 0.4) is 0 Å². The van der Waals surface area contributed by atoms with Crippen LogP contribution < -0.4 is 15.8 Å². The molecule has 3 N–H and O–H groups in total. The van der Waals surface area contributed by atoms with E-state index in [-0.39, 0.29) is 11.9 Å². The number of rotatable bonds is 7. The normalized spacial score (nSPS) is 13.1. The first-order valence-corrected chi connectivity index (χ1v) is 6.55. The third-order valence-electron chi connectivity index (χ3n) is 3.25. The van der Waals surface area contributed by atoms with Gasteiger partial charge in [0.1, 0.15) is 5.75 Å². The number of ether oxygens (including phenoxy) is 1. The molecule has 0 bridgehead atoms. The molecular weight excluding hydrogens is 240 g/mol. The number of carbonyl (C=O) groups excluding carboxylic acids is 1. The van der Waals surface area contributed by atoms with Crippen LogP contribution in [0.5, 0.6) is 5.75 Å². The van der Waals surface area contributed by atoms with Crippen molar-refractivity contribution in [2.24, 2.45) is 5.73 Å². The van der Waals surface area contributed by atoms with Crippen LogP contribution in [0.25, 0.3) is 0 Å². The number of hydrogen-bond donors (Lipinski definition) is 2. The minimum Gasteiger partial charge on any atom is -0.497 e. The van der Waals surface area contributed by atoms with Gasteiger partial charge in [0.25, 0.3) is 0 Å². The highest BCUT2D eigenvalue weighted by molar-refractivity contribution is 5.83. The largest absolute Gasteiger partial charge is 0.497 e. The van der Waals surface area contributed by atoms with E-state index in [9.17, 15) is 4.79 Å². The molecule has 106 valence electrons. The first-order chi connectivity index (χ1) is 8.85. The summed E-state index contributed by atoms with van der Waals surface area (Å²) in [6, 6.07) is 8.27. The predicted octanol–water partition coefficient (Wildman–Crippen LogP) is 1.87. The number of methoxy groups -OCH3 is 1. The highest BCUT2D eigenvalue weighted by Gasteiger charge is 2.25. The van der Waals surface area contributed by atoms with Crippen LogP contribution in [0.2, 0.25) is 0 Å². The number of benzene rings is 1. The Morgan fingerprint density at radius 2 is 1.95 bits per heavy atom. The van der Waals surface area contributed by atoms with Gasteiger partial charge in [-0.05, 0) is 51.3 Å². The highest BCUT2D eigenvalue weighted by Crippen LogP contribution is 2.14. The van der Waals surface area contributed by atoms with Gasteiger partial charge in [-0.3, -0.25) is 4.79 Å². The number of amides is 1. The zero-order valence-corrected chi connectivity index (χ0v) is 12.2. The van der Waals surface area contributed by atoms with E-state index in [1.54, 1.807) is 21.0 Å². The summed E-state index contributed by atoms with van der Waals surface area (Å²) in [5.74, 6) is 0.536. The molecule has 0 saturated heterocycles. The van der Waals surface area contributed by atoms with Crippen molar-refractivity contribution in [1.29, 1.82) is 0 Å². The highest BCUT2D eigenvalue weighted by atomic mass is 16.5. The fraction of sp³-hybridized carbons (Fsp3) is 0.533. The molecule has 1 amide bonds. The van der Waals surface area contributed by atoms with Gasteiger partial charge in [0.05, 0.1) is 12.6 Å². The Morgan fingerprint density at radius 1 is 1.37 bits per heavy atom. The molecule has 0 heterocycles. The molecule has 0 fully saturated rings. The van der Waals surface area contributed by atoms with Crippen molar-refractivity contribution in [2.45, 2.75) is 45.2 Å². The van der Waals surface area contributed by atoms with E-state index >= 15 is 0 Å². The van der Waals surface area contributed by atoms with Crippen molar-refractivity contribution >= 4 is 5.91 Å². The molecule has 4 nitrogen and oxygen atoms in total. The molecule has 1 unspecified atom stereocenters. The molecule has 1 rings (SSSR count). The van der Waals surface area contributed by atoms with Crippen molar-refractivity contribution < 1.29 is 9.53 Å². The Bertz CT molecular complexity index is 413. The monoisotopic (exact) mass is 264 g/mol. The van der Waals surface area contributed by atoms with Gasteiger partial charge in [-0.2, -0.15) is 0 Å². The lowest BCUT2D eigenvalue weighted by molar-refractivity contribution is -0.123. The maximum atomic E-state index is 11.2. The maximum absolute atomic E-state index is 11.2. The summed E-state index contributed by atoms with van der Waals surface area (Å²) in [5.41, 5.74) is 5.93. The number of aryl methyl sites for hydroxylation is 1. The van der Waals surface area contributed by atoms with Crippen LogP contribution in [0.4, 0.5) is 0 Å². The van der Waals surface area contributed by atoms with E-state index in [0.29, 0.717) is 0 Å². The summed E-state index contributed by atoms with van der Waals surface area (Å²) in [6.07, 6.45) is 1.90. The zero-order valence-electron chi connectivity index (χ0n) is 12.2. The molecule has 1 atom stereocenters. The number of nitrogens with two attached hydrogens (primary N) is 1. The molecule has 0 aliphatic rings. The minimum absolute atomic E-state index is 0.226.